The summed E-state index contributed by atoms with van der Waals surface area (Å²) < 4.78 is 0. The highest BCUT2D eigenvalue weighted by Crippen LogP contribution is 2.25. The molecule has 8 heteroatoms. The molecule has 1 fully saturated rings. The summed E-state index contributed by atoms with van der Waals surface area (Å²) in [5.41, 5.74) is 4.60. The Morgan fingerprint density at radius 2 is 1.78 bits per heavy atom. The van der Waals surface area contributed by atoms with E-state index >= 15 is 0 Å². The van der Waals surface area contributed by atoms with Crippen LogP contribution in [0.25, 0.3) is 0 Å². The molecule has 1 amide bonds. The van der Waals surface area contributed by atoms with Gasteiger partial charge in [0.2, 0.25) is 5.91 Å². The lowest BCUT2D eigenvalue weighted by Crippen LogP contribution is -2.47. The van der Waals surface area contributed by atoms with E-state index in [2.05, 4.69) is 57.4 Å². The third-order valence-electron chi connectivity index (χ3n) is 5.39. The van der Waals surface area contributed by atoms with Gasteiger partial charge in [-0.3, -0.25) is 4.79 Å². The molecule has 1 saturated heterocycles. The lowest BCUT2D eigenvalue weighted by molar-refractivity contribution is -0.113. The summed E-state index contributed by atoms with van der Waals surface area (Å²) in [6.07, 6.45) is 0. The van der Waals surface area contributed by atoms with Gasteiger partial charge in [0.1, 0.15) is 5.03 Å². The van der Waals surface area contributed by atoms with Gasteiger partial charge in [0.15, 0.2) is 5.82 Å². The number of carbonyl (C=O) groups excluding carboxylic acids is 1. The van der Waals surface area contributed by atoms with E-state index in [0.717, 1.165) is 37.0 Å². The fourth-order valence-corrected chi connectivity index (χ4v) is 4.50. The molecule has 32 heavy (non-hydrogen) atoms. The number of piperazine rings is 1. The summed E-state index contributed by atoms with van der Waals surface area (Å²) in [5.74, 6) is 1.03. The van der Waals surface area contributed by atoms with Crippen molar-refractivity contribution in [2.45, 2.75) is 18.9 Å². The third-order valence-corrected chi connectivity index (χ3v) is 6.55. The van der Waals surface area contributed by atoms with Crippen molar-refractivity contribution in [3.63, 3.8) is 0 Å². The van der Waals surface area contributed by atoms with Gasteiger partial charge in [-0.05, 0) is 61.4 Å². The first-order valence-corrected chi connectivity index (χ1v) is 11.9. The van der Waals surface area contributed by atoms with Gasteiger partial charge in [-0.15, -0.1) is 10.2 Å². The zero-order valence-corrected chi connectivity index (χ0v) is 19.8. The summed E-state index contributed by atoms with van der Waals surface area (Å²) in [5, 5.41) is 12.9. The maximum Gasteiger partial charge on any atom is 0.234 e. The first kappa shape index (κ1) is 22.4. The lowest BCUT2D eigenvalue weighted by atomic mass is 10.1. The highest BCUT2D eigenvalue weighted by molar-refractivity contribution is 7.99. The molecule has 0 saturated carbocycles. The minimum Gasteiger partial charge on any atom is -0.368 e. The first-order chi connectivity index (χ1) is 15.5. The van der Waals surface area contributed by atoms with Crippen molar-refractivity contribution in [3.8, 4) is 0 Å². The predicted octanol–water partition coefficient (Wildman–Crippen LogP) is 4.80. The fraction of sp³-hybridized carbons (Fsp3) is 0.292. The van der Waals surface area contributed by atoms with Crippen molar-refractivity contribution in [2.75, 3.05) is 47.0 Å². The number of benzene rings is 2. The molecule has 1 aliphatic rings. The molecular weight excluding hydrogens is 442 g/mol. The molecule has 2 aromatic carbocycles. The van der Waals surface area contributed by atoms with Crippen LogP contribution in [0.3, 0.4) is 0 Å². The number of rotatable bonds is 6. The van der Waals surface area contributed by atoms with Crippen LogP contribution in [-0.4, -0.2) is 48.0 Å². The van der Waals surface area contributed by atoms with Gasteiger partial charge in [0, 0.05) is 42.6 Å². The van der Waals surface area contributed by atoms with Gasteiger partial charge in [0.05, 0.1) is 5.75 Å². The summed E-state index contributed by atoms with van der Waals surface area (Å²) in [4.78, 5) is 16.9. The standard InChI is InChI=1S/C24H26ClN5OS/c1-17-6-7-18(2)21(14-17)29-10-12-30(13-11-29)22-8-9-24(28-27-22)32-16-23(31)26-20-5-3-4-19(25)15-20/h3-9,14-15H,10-13,16H2,1-2H3,(H,26,31). The topological polar surface area (TPSA) is 61.4 Å². The largest absolute Gasteiger partial charge is 0.368 e. The molecule has 1 N–H and O–H groups in total. The van der Waals surface area contributed by atoms with Gasteiger partial charge in [-0.1, -0.05) is 41.6 Å². The van der Waals surface area contributed by atoms with Crippen LogP contribution in [0.1, 0.15) is 11.1 Å². The van der Waals surface area contributed by atoms with Crippen LogP contribution in [0, 0.1) is 13.8 Å². The Morgan fingerprint density at radius 1 is 1.00 bits per heavy atom. The van der Waals surface area contributed by atoms with Crippen molar-refractivity contribution < 1.29 is 4.79 Å². The van der Waals surface area contributed by atoms with Crippen molar-refractivity contribution in [2.24, 2.45) is 0 Å². The molecule has 0 unspecified atom stereocenters. The predicted molar refractivity (Wildman–Crippen MR) is 133 cm³/mol. The molecule has 0 aliphatic carbocycles. The van der Waals surface area contributed by atoms with E-state index in [9.17, 15) is 4.79 Å². The minimum absolute atomic E-state index is 0.106. The van der Waals surface area contributed by atoms with E-state index in [4.69, 9.17) is 11.6 Å². The van der Waals surface area contributed by atoms with Crippen molar-refractivity contribution in [1.82, 2.24) is 10.2 Å². The summed E-state index contributed by atoms with van der Waals surface area (Å²) >= 11 is 7.31. The molecule has 1 aliphatic heterocycles. The van der Waals surface area contributed by atoms with Crippen molar-refractivity contribution in [3.05, 3.63) is 70.7 Å². The number of nitrogens with zero attached hydrogens (tertiary/aromatic N) is 4. The van der Waals surface area contributed by atoms with Gasteiger partial charge >= 0.3 is 0 Å². The first-order valence-electron chi connectivity index (χ1n) is 10.6. The number of hydrogen-bond acceptors (Lipinski definition) is 6. The van der Waals surface area contributed by atoms with Crippen LogP contribution < -0.4 is 15.1 Å². The normalized spacial score (nSPS) is 13.8. The monoisotopic (exact) mass is 467 g/mol. The Hall–Kier alpha value is -2.77. The van der Waals surface area contributed by atoms with Crippen LogP contribution in [-0.2, 0) is 4.79 Å². The highest BCUT2D eigenvalue weighted by atomic mass is 35.5. The van der Waals surface area contributed by atoms with Gasteiger partial charge in [0.25, 0.3) is 0 Å². The molecule has 0 bridgehead atoms. The third kappa shape index (κ3) is 5.72. The minimum atomic E-state index is -0.106. The lowest BCUT2D eigenvalue weighted by Gasteiger charge is -2.37. The maximum absolute atomic E-state index is 12.2. The Bertz CT molecular complexity index is 1080. The molecule has 6 nitrogen and oxygen atoms in total. The molecule has 0 atom stereocenters. The van der Waals surface area contributed by atoms with Crippen LogP contribution in [0.5, 0.6) is 0 Å². The fourth-order valence-electron chi connectivity index (χ4n) is 3.70. The Kier molecular flexibility index (Phi) is 7.17. The zero-order chi connectivity index (χ0) is 22.5. The quantitative estimate of drug-likeness (QED) is 0.525. The second-order valence-corrected chi connectivity index (χ2v) is 9.27. The second kappa shape index (κ2) is 10.2. The summed E-state index contributed by atoms with van der Waals surface area (Å²) in [7, 11) is 0. The van der Waals surface area contributed by atoms with E-state index < -0.39 is 0 Å². The van der Waals surface area contributed by atoms with Crippen molar-refractivity contribution in [1.29, 1.82) is 0 Å². The number of nitrogens with one attached hydrogen (secondary N) is 1. The van der Waals surface area contributed by atoms with Crippen molar-refractivity contribution >= 4 is 46.5 Å². The Balaban J connectivity index is 1.27. The molecular formula is C24H26ClN5OS. The SMILES string of the molecule is Cc1ccc(C)c(N2CCN(c3ccc(SCC(=O)Nc4cccc(Cl)c4)nn3)CC2)c1. The molecule has 1 aromatic heterocycles. The average molecular weight is 468 g/mol. The average Bonchev–Trinajstić information content (AvgIpc) is 2.80. The molecule has 166 valence electrons. The molecule has 3 aromatic rings. The number of aryl methyl sites for hydroxylation is 2. The molecule has 0 spiro atoms. The molecule has 4 rings (SSSR count). The summed E-state index contributed by atoms with van der Waals surface area (Å²) in [6.45, 7) is 8.00. The molecule has 0 radical (unpaired) electrons. The zero-order valence-electron chi connectivity index (χ0n) is 18.2. The van der Waals surface area contributed by atoms with E-state index in [1.165, 1.54) is 28.6 Å². The van der Waals surface area contributed by atoms with E-state index in [1.807, 2.05) is 18.2 Å². The Morgan fingerprint density at radius 3 is 2.50 bits per heavy atom. The highest BCUT2D eigenvalue weighted by Gasteiger charge is 2.20. The number of halogens is 1. The number of thioether (sulfide) groups is 1. The number of carbonyl (C=O) groups is 1. The number of amides is 1. The van der Waals surface area contributed by atoms with Crippen LogP contribution in [0.15, 0.2) is 59.6 Å². The van der Waals surface area contributed by atoms with Crippen LogP contribution >= 0.6 is 23.4 Å². The second-order valence-electron chi connectivity index (χ2n) is 7.84. The summed E-state index contributed by atoms with van der Waals surface area (Å²) in [6, 6.07) is 17.6. The van der Waals surface area contributed by atoms with Crippen LogP contribution in [0.2, 0.25) is 5.02 Å². The smallest absolute Gasteiger partial charge is 0.234 e. The van der Waals surface area contributed by atoms with E-state index in [1.54, 1.807) is 18.2 Å². The van der Waals surface area contributed by atoms with E-state index in [0.29, 0.717) is 10.7 Å². The number of hydrogen-bond donors (Lipinski definition) is 1. The number of anilines is 3. The van der Waals surface area contributed by atoms with Gasteiger partial charge in [-0.2, -0.15) is 0 Å². The molecule has 2 heterocycles. The number of aromatic nitrogens is 2. The van der Waals surface area contributed by atoms with Crippen LogP contribution in [0.4, 0.5) is 17.2 Å². The van der Waals surface area contributed by atoms with Gasteiger partial charge in [-0.25, -0.2) is 0 Å². The maximum atomic E-state index is 12.2. The van der Waals surface area contributed by atoms with Gasteiger partial charge < -0.3 is 15.1 Å². The van der Waals surface area contributed by atoms with E-state index in [-0.39, 0.29) is 11.7 Å². The Labute approximate surface area is 198 Å².